The molecule has 1 saturated heterocycles. The number of nitrogens with zero attached hydrogens (tertiary/aromatic N) is 1. The van der Waals surface area contributed by atoms with Crippen molar-refractivity contribution in [3.8, 4) is 0 Å². The number of hydrogen-bond acceptors (Lipinski definition) is 5. The van der Waals surface area contributed by atoms with Crippen LogP contribution in [-0.2, 0) is 9.53 Å². The maximum Gasteiger partial charge on any atom is 0.413 e. The van der Waals surface area contributed by atoms with Gasteiger partial charge in [0.25, 0.3) is 0 Å². The third kappa shape index (κ3) is 4.59. The fraction of sp³-hybridized carbons (Fsp3) is 0.800. The number of carbonyl (C=O) groups excluding carboxylic acids is 2. The predicted octanol–water partition coefficient (Wildman–Crippen LogP) is -0.284. The van der Waals surface area contributed by atoms with Crippen molar-refractivity contribution < 1.29 is 19.4 Å². The summed E-state index contributed by atoms with van der Waals surface area (Å²) in [6, 6.07) is 0. The number of rotatable bonds is 3. The summed E-state index contributed by atoms with van der Waals surface area (Å²) in [5, 5.41) is 11.5. The molecule has 1 rings (SSSR count). The number of likely N-dealkylation sites (tertiary alicyclic amines) is 1. The van der Waals surface area contributed by atoms with Gasteiger partial charge < -0.3 is 9.84 Å². The Bertz CT molecular complexity index is 257. The van der Waals surface area contributed by atoms with Crippen molar-refractivity contribution >= 4 is 12.0 Å². The molecule has 6 heteroatoms. The van der Waals surface area contributed by atoms with Gasteiger partial charge in [0.15, 0.2) is 0 Å². The Labute approximate surface area is 94.6 Å². The second-order valence-electron chi connectivity index (χ2n) is 3.80. The van der Waals surface area contributed by atoms with Gasteiger partial charge in [-0.15, -0.1) is 0 Å². The quantitative estimate of drug-likeness (QED) is 0.697. The third-order valence-corrected chi connectivity index (χ3v) is 2.36. The van der Waals surface area contributed by atoms with Crippen LogP contribution in [-0.4, -0.2) is 54.4 Å². The van der Waals surface area contributed by atoms with Crippen molar-refractivity contribution in [2.24, 2.45) is 0 Å². The Morgan fingerprint density at radius 3 is 2.94 bits per heavy atom. The van der Waals surface area contributed by atoms with Crippen LogP contribution in [0.1, 0.15) is 19.8 Å². The normalized spacial score (nSPS) is 21.5. The van der Waals surface area contributed by atoms with E-state index in [2.05, 4.69) is 10.1 Å². The van der Waals surface area contributed by atoms with E-state index in [9.17, 15) is 14.7 Å². The maximum absolute atomic E-state index is 11.4. The lowest BCUT2D eigenvalue weighted by atomic mass is 10.1. The highest BCUT2D eigenvalue weighted by Crippen LogP contribution is 2.08. The molecule has 92 valence electrons. The molecule has 0 aliphatic carbocycles. The molecule has 0 aromatic rings. The summed E-state index contributed by atoms with van der Waals surface area (Å²) in [4.78, 5) is 24.1. The number of β-amino-alcohol motifs (C(OH)–C–C–N with tert-alkyl or cyclic N) is 1. The lowest BCUT2D eigenvalue weighted by molar-refractivity contribution is -0.122. The molecule has 0 unspecified atom stereocenters. The van der Waals surface area contributed by atoms with Crippen molar-refractivity contribution in [3.05, 3.63) is 0 Å². The molecule has 2 amide bonds. The molecular weight excluding hydrogens is 212 g/mol. The van der Waals surface area contributed by atoms with Crippen LogP contribution in [0.2, 0.25) is 0 Å². The van der Waals surface area contributed by atoms with Crippen LogP contribution in [0.15, 0.2) is 0 Å². The molecule has 2 N–H and O–H groups in total. The van der Waals surface area contributed by atoms with Gasteiger partial charge in [-0.25, -0.2) is 4.79 Å². The number of nitrogens with one attached hydrogen (secondary N) is 1. The first kappa shape index (κ1) is 12.9. The fourth-order valence-corrected chi connectivity index (χ4v) is 1.70. The van der Waals surface area contributed by atoms with E-state index < -0.39 is 12.0 Å². The first-order valence-corrected chi connectivity index (χ1v) is 5.49. The first-order chi connectivity index (χ1) is 7.61. The zero-order valence-electron chi connectivity index (χ0n) is 9.44. The van der Waals surface area contributed by atoms with E-state index >= 15 is 0 Å². The minimum absolute atomic E-state index is 0.121. The van der Waals surface area contributed by atoms with E-state index in [0.29, 0.717) is 6.54 Å². The molecule has 0 radical (unpaired) electrons. The Morgan fingerprint density at radius 2 is 2.31 bits per heavy atom. The molecule has 0 spiro atoms. The van der Waals surface area contributed by atoms with E-state index in [1.807, 2.05) is 4.90 Å². The van der Waals surface area contributed by atoms with Crippen LogP contribution >= 0.6 is 0 Å². The highest BCUT2D eigenvalue weighted by Gasteiger charge is 2.20. The number of ether oxygens (including phenoxy) is 1. The molecular formula is C10H18N2O4. The zero-order valence-corrected chi connectivity index (χ0v) is 9.44. The van der Waals surface area contributed by atoms with Gasteiger partial charge in [-0.05, 0) is 26.3 Å². The van der Waals surface area contributed by atoms with E-state index in [1.165, 1.54) is 0 Å². The van der Waals surface area contributed by atoms with Crippen LogP contribution in [0.4, 0.5) is 4.79 Å². The Kier molecular flexibility index (Phi) is 5.21. The van der Waals surface area contributed by atoms with E-state index in [1.54, 1.807) is 6.92 Å². The van der Waals surface area contributed by atoms with Gasteiger partial charge in [-0.1, -0.05) is 0 Å². The molecule has 16 heavy (non-hydrogen) atoms. The molecule has 1 fully saturated rings. The summed E-state index contributed by atoms with van der Waals surface area (Å²) in [6.07, 6.45) is 0.554. The van der Waals surface area contributed by atoms with Gasteiger partial charge in [0.05, 0.1) is 19.3 Å². The first-order valence-electron chi connectivity index (χ1n) is 5.49. The monoisotopic (exact) mass is 230 g/mol. The van der Waals surface area contributed by atoms with Gasteiger partial charge in [0.2, 0.25) is 5.91 Å². The Balaban J connectivity index is 2.25. The molecule has 1 atom stereocenters. The molecule has 1 aliphatic rings. The Morgan fingerprint density at radius 1 is 1.56 bits per heavy atom. The maximum atomic E-state index is 11.4. The number of imide groups is 1. The number of aliphatic hydroxyl groups excluding tert-OH is 1. The summed E-state index contributed by atoms with van der Waals surface area (Å²) < 4.78 is 4.58. The number of alkyl carbamates (subject to hydrolysis) is 1. The van der Waals surface area contributed by atoms with Crippen molar-refractivity contribution in [1.82, 2.24) is 10.2 Å². The van der Waals surface area contributed by atoms with Gasteiger partial charge in [-0.3, -0.25) is 15.0 Å². The van der Waals surface area contributed by atoms with Crippen molar-refractivity contribution in [2.45, 2.75) is 25.9 Å². The van der Waals surface area contributed by atoms with Gasteiger partial charge in [0.1, 0.15) is 0 Å². The van der Waals surface area contributed by atoms with Crippen LogP contribution in [0.25, 0.3) is 0 Å². The smallest absolute Gasteiger partial charge is 0.413 e. The average molecular weight is 230 g/mol. The van der Waals surface area contributed by atoms with Crippen molar-refractivity contribution in [1.29, 1.82) is 0 Å². The molecule has 1 heterocycles. The second-order valence-corrected chi connectivity index (χ2v) is 3.80. The molecule has 0 bridgehead atoms. The molecule has 6 nitrogen and oxygen atoms in total. The van der Waals surface area contributed by atoms with Crippen LogP contribution in [0.5, 0.6) is 0 Å². The summed E-state index contributed by atoms with van der Waals surface area (Å²) in [7, 11) is 0. The fourth-order valence-electron chi connectivity index (χ4n) is 1.70. The van der Waals surface area contributed by atoms with Gasteiger partial charge in [-0.2, -0.15) is 0 Å². The number of hydrogen-bond donors (Lipinski definition) is 2. The molecule has 0 saturated carbocycles. The SMILES string of the molecule is CCOC(=O)NC(=O)CN1CCC[C@H](O)C1. The third-order valence-electron chi connectivity index (χ3n) is 2.36. The van der Waals surface area contributed by atoms with Gasteiger partial charge >= 0.3 is 6.09 Å². The predicted molar refractivity (Wildman–Crippen MR) is 56.8 cm³/mol. The van der Waals surface area contributed by atoms with Crippen LogP contribution in [0.3, 0.4) is 0 Å². The largest absolute Gasteiger partial charge is 0.450 e. The zero-order chi connectivity index (χ0) is 12.0. The van der Waals surface area contributed by atoms with Crippen LogP contribution < -0.4 is 5.32 Å². The minimum atomic E-state index is -0.718. The van der Waals surface area contributed by atoms with Crippen molar-refractivity contribution in [2.75, 3.05) is 26.2 Å². The topological polar surface area (TPSA) is 78.9 Å². The lowest BCUT2D eigenvalue weighted by Crippen LogP contribution is -2.45. The van der Waals surface area contributed by atoms with E-state index in [-0.39, 0.29) is 19.3 Å². The Hall–Kier alpha value is -1.14. The van der Waals surface area contributed by atoms with Crippen molar-refractivity contribution in [3.63, 3.8) is 0 Å². The molecule has 0 aromatic heterocycles. The average Bonchev–Trinajstić information content (AvgIpc) is 2.17. The molecule has 1 aliphatic heterocycles. The van der Waals surface area contributed by atoms with E-state index in [0.717, 1.165) is 19.4 Å². The standard InChI is InChI=1S/C10H18N2O4/c1-2-16-10(15)11-9(14)7-12-5-3-4-8(13)6-12/h8,13H,2-7H2,1H3,(H,11,14,15)/t8-/m0/s1. The van der Waals surface area contributed by atoms with E-state index in [4.69, 9.17) is 0 Å². The minimum Gasteiger partial charge on any atom is -0.450 e. The number of carbonyl (C=O) groups is 2. The summed E-state index contributed by atoms with van der Waals surface area (Å²) in [5.74, 6) is -0.396. The van der Waals surface area contributed by atoms with Gasteiger partial charge in [0, 0.05) is 6.54 Å². The second kappa shape index (κ2) is 6.44. The number of aliphatic hydroxyl groups is 1. The van der Waals surface area contributed by atoms with Crippen LogP contribution in [0, 0.1) is 0 Å². The highest BCUT2D eigenvalue weighted by molar-refractivity contribution is 5.92. The highest BCUT2D eigenvalue weighted by atomic mass is 16.5. The summed E-state index contributed by atoms with van der Waals surface area (Å²) in [6.45, 7) is 3.28. The molecule has 0 aromatic carbocycles. The summed E-state index contributed by atoms with van der Waals surface area (Å²) >= 11 is 0. The lowest BCUT2D eigenvalue weighted by Gasteiger charge is -2.29. The number of piperidine rings is 1. The number of amides is 2. The summed E-state index contributed by atoms with van der Waals surface area (Å²) in [5.41, 5.74) is 0.